The van der Waals surface area contributed by atoms with Crippen LogP contribution in [0, 0.1) is 0 Å². The summed E-state index contributed by atoms with van der Waals surface area (Å²) >= 11 is 0. The van der Waals surface area contributed by atoms with Gasteiger partial charge in [-0.3, -0.25) is 0 Å². The van der Waals surface area contributed by atoms with Crippen molar-refractivity contribution in [3.63, 3.8) is 0 Å². The van der Waals surface area contributed by atoms with Crippen LogP contribution in [0.2, 0.25) is 0 Å². The third kappa shape index (κ3) is 4.60. The zero-order valence-corrected chi connectivity index (χ0v) is 15.4. The van der Waals surface area contributed by atoms with Crippen molar-refractivity contribution in [2.24, 2.45) is 0 Å². The molecule has 7 heteroatoms. The van der Waals surface area contributed by atoms with Crippen LogP contribution in [-0.2, 0) is 11.2 Å². The van der Waals surface area contributed by atoms with Crippen LogP contribution in [0.25, 0.3) is 11.5 Å². The van der Waals surface area contributed by atoms with Crippen molar-refractivity contribution in [1.82, 2.24) is 15.0 Å². The SMILES string of the molecule is CCc1noc(-c2ccccc2NC(=O)N(C)CCCC2CCCO2)n1. The highest BCUT2D eigenvalue weighted by Crippen LogP contribution is 2.26. The number of nitrogens with zero attached hydrogens (tertiary/aromatic N) is 3. The van der Waals surface area contributed by atoms with Gasteiger partial charge in [0.25, 0.3) is 5.89 Å². The number of urea groups is 1. The van der Waals surface area contributed by atoms with Gasteiger partial charge in [-0.05, 0) is 37.8 Å². The van der Waals surface area contributed by atoms with E-state index in [0.717, 1.165) is 37.9 Å². The van der Waals surface area contributed by atoms with Crippen molar-refractivity contribution in [1.29, 1.82) is 0 Å². The first-order valence-corrected chi connectivity index (χ1v) is 9.23. The summed E-state index contributed by atoms with van der Waals surface area (Å²) in [4.78, 5) is 18.5. The number of hydrogen-bond acceptors (Lipinski definition) is 5. The molecular weight excluding hydrogens is 332 g/mol. The van der Waals surface area contributed by atoms with Crippen molar-refractivity contribution in [2.75, 3.05) is 25.5 Å². The van der Waals surface area contributed by atoms with Gasteiger partial charge in [-0.15, -0.1) is 0 Å². The van der Waals surface area contributed by atoms with E-state index in [-0.39, 0.29) is 6.03 Å². The van der Waals surface area contributed by atoms with Crippen LogP contribution in [0.4, 0.5) is 10.5 Å². The van der Waals surface area contributed by atoms with Gasteiger partial charge in [-0.1, -0.05) is 24.2 Å². The number of rotatable bonds is 7. The second-order valence-electron chi connectivity index (χ2n) is 6.54. The van der Waals surface area contributed by atoms with Gasteiger partial charge in [-0.25, -0.2) is 4.79 Å². The van der Waals surface area contributed by atoms with E-state index in [1.54, 1.807) is 11.9 Å². The van der Waals surface area contributed by atoms with Gasteiger partial charge in [0, 0.05) is 26.6 Å². The lowest BCUT2D eigenvalue weighted by Gasteiger charge is -2.19. The maximum absolute atomic E-state index is 12.5. The summed E-state index contributed by atoms with van der Waals surface area (Å²) in [5.41, 5.74) is 1.38. The largest absolute Gasteiger partial charge is 0.378 e. The number of para-hydroxylation sites is 1. The Labute approximate surface area is 153 Å². The van der Waals surface area contributed by atoms with Gasteiger partial charge >= 0.3 is 6.03 Å². The average molecular weight is 358 g/mol. The molecule has 0 radical (unpaired) electrons. The van der Waals surface area contributed by atoms with Crippen LogP contribution >= 0.6 is 0 Å². The Balaban J connectivity index is 1.58. The average Bonchev–Trinajstić information content (AvgIpc) is 3.33. The number of nitrogens with one attached hydrogen (secondary N) is 1. The molecule has 1 aliphatic rings. The Morgan fingerprint density at radius 1 is 1.38 bits per heavy atom. The van der Waals surface area contributed by atoms with Crippen molar-refractivity contribution >= 4 is 11.7 Å². The number of ether oxygens (including phenoxy) is 1. The van der Waals surface area contributed by atoms with E-state index in [2.05, 4.69) is 15.5 Å². The predicted molar refractivity (Wildman–Crippen MR) is 99.0 cm³/mol. The van der Waals surface area contributed by atoms with Crippen molar-refractivity contribution in [2.45, 2.75) is 45.1 Å². The van der Waals surface area contributed by atoms with Crippen LogP contribution in [-0.4, -0.2) is 47.4 Å². The number of benzene rings is 1. The lowest BCUT2D eigenvalue weighted by molar-refractivity contribution is 0.101. The molecule has 26 heavy (non-hydrogen) atoms. The van der Waals surface area contributed by atoms with Crippen molar-refractivity contribution in [3.8, 4) is 11.5 Å². The van der Waals surface area contributed by atoms with Gasteiger partial charge in [0.15, 0.2) is 5.82 Å². The van der Waals surface area contributed by atoms with E-state index in [1.807, 2.05) is 31.2 Å². The van der Waals surface area contributed by atoms with E-state index in [1.165, 1.54) is 0 Å². The Morgan fingerprint density at radius 2 is 2.23 bits per heavy atom. The lowest BCUT2D eigenvalue weighted by atomic mass is 10.1. The third-order valence-electron chi connectivity index (χ3n) is 4.57. The van der Waals surface area contributed by atoms with Crippen LogP contribution < -0.4 is 5.32 Å². The molecule has 140 valence electrons. The Kier molecular flexibility index (Phi) is 6.22. The number of aromatic nitrogens is 2. The maximum Gasteiger partial charge on any atom is 0.321 e. The summed E-state index contributed by atoms with van der Waals surface area (Å²) in [7, 11) is 1.80. The summed E-state index contributed by atoms with van der Waals surface area (Å²) in [6, 6.07) is 7.29. The first kappa shape index (κ1) is 18.4. The van der Waals surface area contributed by atoms with Gasteiger partial charge in [0.2, 0.25) is 0 Å². The molecule has 1 fully saturated rings. The number of carbonyl (C=O) groups excluding carboxylic acids is 1. The molecule has 1 aliphatic heterocycles. The number of anilines is 1. The fourth-order valence-electron chi connectivity index (χ4n) is 3.03. The second-order valence-corrected chi connectivity index (χ2v) is 6.54. The summed E-state index contributed by atoms with van der Waals surface area (Å²) in [5.74, 6) is 1.06. The zero-order valence-electron chi connectivity index (χ0n) is 15.4. The highest BCUT2D eigenvalue weighted by Gasteiger charge is 2.18. The van der Waals surface area contributed by atoms with E-state index in [4.69, 9.17) is 9.26 Å². The smallest absolute Gasteiger partial charge is 0.321 e. The summed E-state index contributed by atoms with van der Waals surface area (Å²) in [5, 5.41) is 6.87. The van der Waals surface area contributed by atoms with E-state index < -0.39 is 0 Å². The van der Waals surface area contributed by atoms with Crippen molar-refractivity contribution < 1.29 is 14.1 Å². The minimum Gasteiger partial charge on any atom is -0.378 e. The lowest BCUT2D eigenvalue weighted by Crippen LogP contribution is -2.32. The summed E-state index contributed by atoms with van der Waals surface area (Å²) in [6.45, 7) is 3.52. The van der Waals surface area contributed by atoms with Crippen LogP contribution in [0.15, 0.2) is 28.8 Å². The monoisotopic (exact) mass is 358 g/mol. The predicted octanol–water partition coefficient (Wildman–Crippen LogP) is 3.72. The quantitative estimate of drug-likeness (QED) is 0.816. The highest BCUT2D eigenvalue weighted by molar-refractivity contribution is 5.93. The molecule has 0 saturated carbocycles. The molecular formula is C19H26N4O3. The van der Waals surface area contributed by atoms with Gasteiger partial charge in [0.05, 0.1) is 17.4 Å². The summed E-state index contributed by atoms with van der Waals surface area (Å²) in [6.07, 6.45) is 5.26. The Bertz CT molecular complexity index is 725. The highest BCUT2D eigenvalue weighted by atomic mass is 16.5. The standard InChI is InChI=1S/C19H26N4O3/c1-3-17-21-18(26-22-17)15-10-4-5-11-16(15)20-19(24)23(2)12-6-8-14-9-7-13-25-14/h4-5,10-11,14H,3,6-9,12-13H2,1-2H3,(H,20,24). The fraction of sp³-hybridized carbons (Fsp3) is 0.526. The molecule has 2 amide bonds. The molecule has 2 heterocycles. The molecule has 1 saturated heterocycles. The molecule has 2 aromatic rings. The molecule has 1 unspecified atom stereocenters. The number of amides is 2. The number of carbonyl (C=O) groups is 1. The third-order valence-corrected chi connectivity index (χ3v) is 4.57. The van der Waals surface area contributed by atoms with E-state index in [9.17, 15) is 4.79 Å². The molecule has 0 bridgehead atoms. The summed E-state index contributed by atoms with van der Waals surface area (Å²) < 4.78 is 10.9. The first-order valence-electron chi connectivity index (χ1n) is 9.23. The van der Waals surface area contributed by atoms with Gasteiger partial charge in [0.1, 0.15) is 0 Å². The molecule has 3 rings (SSSR count). The van der Waals surface area contributed by atoms with Crippen LogP contribution in [0.3, 0.4) is 0 Å². The van der Waals surface area contributed by atoms with Crippen molar-refractivity contribution in [3.05, 3.63) is 30.1 Å². The van der Waals surface area contributed by atoms with E-state index in [0.29, 0.717) is 36.5 Å². The topological polar surface area (TPSA) is 80.5 Å². The number of aryl methyl sites for hydroxylation is 1. The molecule has 7 nitrogen and oxygen atoms in total. The van der Waals surface area contributed by atoms with Gasteiger partial charge < -0.3 is 19.5 Å². The van der Waals surface area contributed by atoms with Crippen LogP contribution in [0.5, 0.6) is 0 Å². The van der Waals surface area contributed by atoms with Crippen LogP contribution in [0.1, 0.15) is 38.4 Å². The first-order chi connectivity index (χ1) is 12.7. The van der Waals surface area contributed by atoms with Gasteiger partial charge in [-0.2, -0.15) is 4.98 Å². The maximum atomic E-state index is 12.5. The molecule has 1 atom stereocenters. The Hall–Kier alpha value is -2.41. The fourth-order valence-corrected chi connectivity index (χ4v) is 3.03. The zero-order chi connectivity index (χ0) is 18.4. The molecule has 0 spiro atoms. The molecule has 1 aromatic carbocycles. The van der Waals surface area contributed by atoms with E-state index >= 15 is 0 Å². The minimum absolute atomic E-state index is 0.153. The second kappa shape index (κ2) is 8.80. The normalized spacial score (nSPS) is 16.6. The minimum atomic E-state index is -0.153. The molecule has 0 aliphatic carbocycles. The number of hydrogen-bond donors (Lipinski definition) is 1. The molecule has 1 aromatic heterocycles. The molecule has 1 N–H and O–H groups in total. The Morgan fingerprint density at radius 3 is 2.96 bits per heavy atom.